The summed E-state index contributed by atoms with van der Waals surface area (Å²) in [7, 11) is 0. The standard InChI is InChI=1S/C6H9NS/c8-6-4-2-1-3-5-7-6/h3-5,7-8H,1-2H2. The topological polar surface area (TPSA) is 12.0 Å². The molecule has 1 N–H and O–H groups in total. The molecule has 0 saturated heterocycles. The molecule has 1 rings (SSSR count). The lowest BCUT2D eigenvalue weighted by molar-refractivity contribution is 1.06. The van der Waals surface area contributed by atoms with Crippen LogP contribution >= 0.6 is 12.6 Å². The minimum Gasteiger partial charge on any atom is -0.357 e. The summed E-state index contributed by atoms with van der Waals surface area (Å²) in [4.78, 5) is 0. The minimum atomic E-state index is 0.957. The second-order valence-corrected chi connectivity index (χ2v) is 2.20. The van der Waals surface area contributed by atoms with E-state index in [0.29, 0.717) is 0 Å². The SMILES string of the molecule is SC1=CCCC=CN1. The van der Waals surface area contributed by atoms with Crippen LogP contribution in [0.3, 0.4) is 0 Å². The first kappa shape index (κ1) is 5.76. The fourth-order valence-corrected chi connectivity index (χ4v) is 0.806. The van der Waals surface area contributed by atoms with Gasteiger partial charge in [-0.15, -0.1) is 12.6 Å². The third kappa shape index (κ3) is 1.62. The average Bonchev–Trinajstić information content (AvgIpc) is 1.94. The van der Waals surface area contributed by atoms with Crippen molar-refractivity contribution in [2.24, 2.45) is 0 Å². The van der Waals surface area contributed by atoms with Crippen LogP contribution in [0.5, 0.6) is 0 Å². The molecule has 0 spiro atoms. The first-order valence-corrected chi connectivity index (χ1v) is 3.15. The molecule has 1 heterocycles. The van der Waals surface area contributed by atoms with E-state index >= 15 is 0 Å². The van der Waals surface area contributed by atoms with Gasteiger partial charge in [0.2, 0.25) is 0 Å². The van der Waals surface area contributed by atoms with Crippen molar-refractivity contribution in [1.29, 1.82) is 0 Å². The zero-order valence-electron chi connectivity index (χ0n) is 4.59. The van der Waals surface area contributed by atoms with Gasteiger partial charge < -0.3 is 5.32 Å². The number of thiol groups is 1. The fourth-order valence-electron chi connectivity index (χ4n) is 0.603. The van der Waals surface area contributed by atoms with Gasteiger partial charge in [-0.05, 0) is 19.0 Å². The van der Waals surface area contributed by atoms with E-state index in [-0.39, 0.29) is 0 Å². The molecule has 0 saturated carbocycles. The molecule has 0 radical (unpaired) electrons. The number of rotatable bonds is 0. The highest BCUT2D eigenvalue weighted by atomic mass is 32.1. The molecule has 8 heavy (non-hydrogen) atoms. The molecular weight excluding hydrogens is 118 g/mol. The van der Waals surface area contributed by atoms with E-state index in [2.05, 4.69) is 30.1 Å². The molecule has 2 heteroatoms. The second-order valence-electron chi connectivity index (χ2n) is 1.71. The van der Waals surface area contributed by atoms with Crippen LogP contribution in [-0.2, 0) is 0 Å². The summed E-state index contributed by atoms with van der Waals surface area (Å²) >= 11 is 4.13. The van der Waals surface area contributed by atoms with Crippen molar-refractivity contribution >= 4 is 12.6 Å². The molecule has 0 atom stereocenters. The van der Waals surface area contributed by atoms with Crippen LogP contribution in [-0.4, -0.2) is 0 Å². The van der Waals surface area contributed by atoms with Gasteiger partial charge in [0.15, 0.2) is 0 Å². The second kappa shape index (κ2) is 2.82. The van der Waals surface area contributed by atoms with Gasteiger partial charge in [-0.1, -0.05) is 12.2 Å². The molecule has 0 aromatic rings. The summed E-state index contributed by atoms with van der Waals surface area (Å²) in [5.41, 5.74) is 0. The average molecular weight is 127 g/mol. The van der Waals surface area contributed by atoms with Crippen LogP contribution in [0.15, 0.2) is 23.4 Å². The van der Waals surface area contributed by atoms with E-state index in [1.807, 2.05) is 6.20 Å². The summed E-state index contributed by atoms with van der Waals surface area (Å²) in [6, 6.07) is 0. The Kier molecular flexibility index (Phi) is 2.03. The Bertz CT molecular complexity index is 126. The van der Waals surface area contributed by atoms with Crippen LogP contribution in [0.25, 0.3) is 0 Å². The molecule has 1 aliphatic heterocycles. The van der Waals surface area contributed by atoms with Crippen LogP contribution in [0.1, 0.15) is 12.8 Å². The molecule has 0 aliphatic carbocycles. The number of hydrogen-bond acceptors (Lipinski definition) is 2. The van der Waals surface area contributed by atoms with Gasteiger partial charge in [-0.2, -0.15) is 0 Å². The zero-order valence-corrected chi connectivity index (χ0v) is 5.49. The van der Waals surface area contributed by atoms with Crippen LogP contribution < -0.4 is 5.32 Å². The van der Waals surface area contributed by atoms with Crippen LogP contribution in [0.2, 0.25) is 0 Å². The summed E-state index contributed by atoms with van der Waals surface area (Å²) in [5.74, 6) is 0. The first-order valence-electron chi connectivity index (χ1n) is 2.70. The number of allylic oxidation sites excluding steroid dienone is 2. The van der Waals surface area contributed by atoms with Gasteiger partial charge in [0.1, 0.15) is 0 Å². The van der Waals surface area contributed by atoms with Crippen molar-refractivity contribution in [1.82, 2.24) is 5.32 Å². The van der Waals surface area contributed by atoms with Crippen molar-refractivity contribution in [3.63, 3.8) is 0 Å². The lowest BCUT2D eigenvalue weighted by Gasteiger charge is -1.92. The molecule has 0 aromatic heterocycles. The maximum atomic E-state index is 4.13. The van der Waals surface area contributed by atoms with Crippen molar-refractivity contribution in [2.75, 3.05) is 0 Å². The highest BCUT2D eigenvalue weighted by Crippen LogP contribution is 2.03. The zero-order chi connectivity index (χ0) is 5.82. The minimum absolute atomic E-state index is 0.957. The number of nitrogens with one attached hydrogen (secondary N) is 1. The smallest absolute Gasteiger partial charge is 0.0649 e. The molecule has 1 aliphatic rings. The van der Waals surface area contributed by atoms with E-state index in [1.165, 1.54) is 0 Å². The van der Waals surface area contributed by atoms with Gasteiger partial charge in [-0.25, -0.2) is 0 Å². The molecule has 0 aromatic carbocycles. The third-order valence-electron chi connectivity index (χ3n) is 1.02. The van der Waals surface area contributed by atoms with Crippen LogP contribution in [0, 0.1) is 0 Å². The Morgan fingerprint density at radius 1 is 1.50 bits per heavy atom. The predicted octanol–water partition coefficient (Wildman–Crippen LogP) is 1.65. The Labute approximate surface area is 54.9 Å². The summed E-state index contributed by atoms with van der Waals surface area (Å²) < 4.78 is 0. The lowest BCUT2D eigenvalue weighted by atomic mass is 10.3. The number of hydrogen-bond donors (Lipinski definition) is 2. The van der Waals surface area contributed by atoms with Gasteiger partial charge >= 0.3 is 0 Å². The monoisotopic (exact) mass is 127 g/mol. The van der Waals surface area contributed by atoms with Crippen molar-refractivity contribution < 1.29 is 0 Å². The van der Waals surface area contributed by atoms with Crippen molar-refractivity contribution in [2.45, 2.75) is 12.8 Å². The summed E-state index contributed by atoms with van der Waals surface area (Å²) in [5, 5.41) is 3.95. The van der Waals surface area contributed by atoms with E-state index in [1.54, 1.807) is 0 Å². The van der Waals surface area contributed by atoms with E-state index in [9.17, 15) is 0 Å². The Balaban J connectivity index is 2.51. The van der Waals surface area contributed by atoms with Gasteiger partial charge in [0.05, 0.1) is 5.03 Å². The van der Waals surface area contributed by atoms with Gasteiger partial charge in [0.25, 0.3) is 0 Å². The Morgan fingerprint density at radius 3 is 3.25 bits per heavy atom. The molecule has 44 valence electrons. The summed E-state index contributed by atoms with van der Waals surface area (Å²) in [6.45, 7) is 0. The lowest BCUT2D eigenvalue weighted by Crippen LogP contribution is -1.95. The first-order chi connectivity index (χ1) is 3.89. The maximum absolute atomic E-state index is 4.13. The normalized spacial score (nSPS) is 18.9. The maximum Gasteiger partial charge on any atom is 0.0649 e. The molecule has 0 bridgehead atoms. The Hall–Kier alpha value is -0.370. The fraction of sp³-hybridized carbons (Fsp3) is 0.333. The molecule has 0 fully saturated rings. The Morgan fingerprint density at radius 2 is 2.38 bits per heavy atom. The molecular formula is C6H9NS. The van der Waals surface area contributed by atoms with E-state index in [4.69, 9.17) is 0 Å². The molecule has 0 unspecified atom stereocenters. The third-order valence-corrected chi connectivity index (χ3v) is 1.33. The van der Waals surface area contributed by atoms with Gasteiger partial charge in [-0.3, -0.25) is 0 Å². The summed E-state index contributed by atoms with van der Waals surface area (Å²) in [6.07, 6.45) is 8.31. The molecule has 1 nitrogen and oxygen atoms in total. The van der Waals surface area contributed by atoms with E-state index in [0.717, 1.165) is 17.9 Å². The van der Waals surface area contributed by atoms with Crippen LogP contribution in [0.4, 0.5) is 0 Å². The van der Waals surface area contributed by atoms with E-state index < -0.39 is 0 Å². The predicted molar refractivity (Wildman–Crippen MR) is 38.6 cm³/mol. The van der Waals surface area contributed by atoms with Crippen molar-refractivity contribution in [3.05, 3.63) is 23.4 Å². The van der Waals surface area contributed by atoms with Crippen molar-refractivity contribution in [3.8, 4) is 0 Å². The largest absolute Gasteiger partial charge is 0.357 e. The quantitative estimate of drug-likeness (QED) is 0.471. The van der Waals surface area contributed by atoms with Gasteiger partial charge in [0, 0.05) is 0 Å². The molecule has 0 amide bonds. The highest BCUT2D eigenvalue weighted by Gasteiger charge is 1.87. The highest BCUT2D eigenvalue weighted by molar-refractivity contribution is 7.84.